The van der Waals surface area contributed by atoms with Crippen molar-refractivity contribution in [3.63, 3.8) is 0 Å². The Balaban J connectivity index is 1.61. The number of carbonyl (C=O) groups is 6. The fourth-order valence-corrected chi connectivity index (χ4v) is 4.87. The summed E-state index contributed by atoms with van der Waals surface area (Å²) in [7, 11) is 2.33. The van der Waals surface area contributed by atoms with Crippen LogP contribution in [0.4, 0.5) is 5.00 Å². The van der Waals surface area contributed by atoms with Crippen LogP contribution in [0.2, 0.25) is 0 Å². The number of nitrogens with one attached hydrogen (secondary N) is 1. The maximum Gasteiger partial charge on any atom is 0.348 e. The van der Waals surface area contributed by atoms with Gasteiger partial charge >= 0.3 is 17.9 Å². The summed E-state index contributed by atoms with van der Waals surface area (Å²) in [5, 5.41) is 2.44. The maximum absolute atomic E-state index is 12.4. The molecule has 0 bridgehead atoms. The van der Waals surface area contributed by atoms with Gasteiger partial charge in [0.15, 0.2) is 6.61 Å². The number of esters is 3. The zero-order valence-corrected chi connectivity index (χ0v) is 19.0. The Morgan fingerprint density at radius 3 is 2.15 bits per heavy atom. The number of fused-ring (bicyclic) bond motifs is 1. The van der Waals surface area contributed by atoms with Crippen LogP contribution >= 0.6 is 11.3 Å². The van der Waals surface area contributed by atoms with Crippen molar-refractivity contribution in [3.8, 4) is 0 Å². The first-order valence-electron chi connectivity index (χ1n) is 9.95. The lowest BCUT2D eigenvalue weighted by atomic mass is 9.85. The first kappa shape index (κ1) is 24.1. The van der Waals surface area contributed by atoms with Gasteiger partial charge in [-0.2, -0.15) is 0 Å². The van der Waals surface area contributed by atoms with Crippen molar-refractivity contribution in [2.24, 2.45) is 11.8 Å². The van der Waals surface area contributed by atoms with E-state index < -0.39 is 60.6 Å². The van der Waals surface area contributed by atoms with Crippen LogP contribution in [0.1, 0.15) is 38.4 Å². The van der Waals surface area contributed by atoms with Gasteiger partial charge in [-0.05, 0) is 25.3 Å². The number of imide groups is 1. The van der Waals surface area contributed by atoms with Crippen molar-refractivity contribution in [2.75, 3.05) is 32.7 Å². The molecule has 3 rings (SSSR count). The summed E-state index contributed by atoms with van der Waals surface area (Å²) in [6.07, 6.45) is 4.55. The van der Waals surface area contributed by atoms with Crippen LogP contribution in [0.15, 0.2) is 12.2 Å². The molecule has 0 spiro atoms. The molecule has 0 aromatic carbocycles. The molecule has 1 saturated heterocycles. The third-order valence-corrected chi connectivity index (χ3v) is 6.60. The molecule has 1 aromatic rings. The second-order valence-electron chi connectivity index (χ2n) is 7.37. The standard InChI is InChI=1S/C21H22N2O9S/c1-10-15(20(28)30-2)17(33-16(10)21(29)31-3)22-13(24)9-32-14(25)8-23-18(26)11-6-4-5-7-12(11)19(23)27/h4-5,11-12H,6-9H2,1-3H3,(H,22,24)/t11-,12-/m1/s1. The molecule has 0 radical (unpaired) electrons. The van der Waals surface area contributed by atoms with Crippen molar-refractivity contribution in [1.82, 2.24) is 4.90 Å². The Morgan fingerprint density at radius 2 is 1.61 bits per heavy atom. The minimum atomic E-state index is -0.927. The molecular weight excluding hydrogens is 456 g/mol. The van der Waals surface area contributed by atoms with E-state index in [1.165, 1.54) is 14.0 Å². The highest BCUT2D eigenvalue weighted by molar-refractivity contribution is 7.18. The van der Waals surface area contributed by atoms with E-state index in [1.807, 2.05) is 12.2 Å². The van der Waals surface area contributed by atoms with Crippen LogP contribution in [0.25, 0.3) is 0 Å². The van der Waals surface area contributed by atoms with Crippen molar-refractivity contribution in [2.45, 2.75) is 19.8 Å². The molecule has 2 atom stereocenters. The quantitative estimate of drug-likeness (QED) is 0.263. The molecule has 1 aliphatic carbocycles. The van der Waals surface area contributed by atoms with Gasteiger partial charge in [0.05, 0.1) is 31.6 Å². The Bertz CT molecular complexity index is 1030. The summed E-state index contributed by atoms with van der Waals surface area (Å²) < 4.78 is 14.3. The van der Waals surface area contributed by atoms with Gasteiger partial charge in [0, 0.05) is 0 Å². The number of hydrogen-bond donors (Lipinski definition) is 1. The van der Waals surface area contributed by atoms with E-state index in [4.69, 9.17) is 9.47 Å². The van der Waals surface area contributed by atoms with Crippen molar-refractivity contribution >= 4 is 52.0 Å². The Kier molecular flexibility index (Phi) is 7.26. The fourth-order valence-electron chi connectivity index (χ4n) is 3.75. The molecule has 2 heterocycles. The third kappa shape index (κ3) is 4.80. The largest absolute Gasteiger partial charge is 0.465 e. The number of anilines is 1. The number of ether oxygens (including phenoxy) is 3. The van der Waals surface area contributed by atoms with E-state index in [-0.39, 0.29) is 21.0 Å². The maximum atomic E-state index is 12.4. The Morgan fingerprint density at radius 1 is 1.03 bits per heavy atom. The number of carbonyl (C=O) groups excluding carboxylic acids is 6. The molecule has 12 heteroatoms. The highest BCUT2D eigenvalue weighted by atomic mass is 32.1. The third-order valence-electron chi connectivity index (χ3n) is 5.41. The van der Waals surface area contributed by atoms with Crippen molar-refractivity contribution in [1.29, 1.82) is 0 Å². The van der Waals surface area contributed by atoms with E-state index >= 15 is 0 Å². The van der Waals surface area contributed by atoms with Gasteiger partial charge in [-0.15, -0.1) is 11.3 Å². The number of allylic oxidation sites excluding steroid dienone is 2. The first-order valence-corrected chi connectivity index (χ1v) is 10.8. The first-order chi connectivity index (χ1) is 15.7. The van der Waals surface area contributed by atoms with Crippen LogP contribution in [0, 0.1) is 18.8 Å². The van der Waals surface area contributed by atoms with Gasteiger partial charge in [0.25, 0.3) is 5.91 Å². The number of likely N-dealkylation sites (tertiary alicyclic amines) is 1. The molecule has 176 valence electrons. The lowest BCUT2D eigenvalue weighted by Gasteiger charge is -2.14. The zero-order chi connectivity index (χ0) is 24.3. The predicted octanol–water partition coefficient (Wildman–Crippen LogP) is 1.06. The van der Waals surface area contributed by atoms with Crippen LogP contribution in [-0.4, -0.2) is 67.9 Å². The van der Waals surface area contributed by atoms with Gasteiger partial charge in [-0.1, -0.05) is 12.2 Å². The number of rotatable bonds is 7. The average molecular weight is 478 g/mol. The summed E-state index contributed by atoms with van der Waals surface area (Å²) in [6, 6.07) is 0. The highest BCUT2D eigenvalue weighted by Gasteiger charge is 2.47. The molecule has 1 aliphatic heterocycles. The SMILES string of the molecule is COC(=O)c1sc(NC(=O)COC(=O)CN2C(=O)[C@@H]3CC=CC[C@H]3C2=O)c(C(=O)OC)c1C. The Labute approximate surface area is 192 Å². The minimum Gasteiger partial charge on any atom is -0.465 e. The van der Waals surface area contributed by atoms with Gasteiger partial charge < -0.3 is 19.5 Å². The zero-order valence-electron chi connectivity index (χ0n) is 18.2. The summed E-state index contributed by atoms with van der Waals surface area (Å²) in [5.41, 5.74) is 0.250. The van der Waals surface area contributed by atoms with Gasteiger partial charge in [-0.3, -0.25) is 24.1 Å². The summed E-state index contributed by atoms with van der Waals surface area (Å²) in [6.45, 7) is 0.187. The molecular formula is C21H22N2O9S. The summed E-state index contributed by atoms with van der Waals surface area (Å²) in [5.74, 6) is -4.97. The molecule has 1 fully saturated rings. The topological polar surface area (TPSA) is 145 Å². The average Bonchev–Trinajstić information content (AvgIpc) is 3.25. The monoisotopic (exact) mass is 478 g/mol. The fraction of sp³-hybridized carbons (Fsp3) is 0.429. The number of nitrogens with zero attached hydrogens (tertiary/aromatic N) is 1. The van der Waals surface area contributed by atoms with Crippen molar-refractivity contribution < 1.29 is 43.0 Å². The summed E-state index contributed by atoms with van der Waals surface area (Å²) in [4.78, 5) is 74.3. The van der Waals surface area contributed by atoms with Crippen LogP contribution in [0.5, 0.6) is 0 Å². The van der Waals surface area contributed by atoms with E-state index in [2.05, 4.69) is 10.1 Å². The highest BCUT2D eigenvalue weighted by Crippen LogP contribution is 2.35. The molecule has 3 amide bonds. The normalized spacial score (nSPS) is 19.2. The lowest BCUT2D eigenvalue weighted by Crippen LogP contribution is -2.37. The number of methoxy groups -OCH3 is 2. The van der Waals surface area contributed by atoms with Crippen LogP contribution in [-0.2, 0) is 33.4 Å². The van der Waals surface area contributed by atoms with E-state index in [0.29, 0.717) is 12.8 Å². The van der Waals surface area contributed by atoms with Gasteiger partial charge in [0.1, 0.15) is 16.4 Å². The van der Waals surface area contributed by atoms with E-state index in [9.17, 15) is 28.8 Å². The van der Waals surface area contributed by atoms with E-state index in [1.54, 1.807) is 0 Å². The predicted molar refractivity (Wildman–Crippen MR) is 113 cm³/mol. The minimum absolute atomic E-state index is 0.0212. The molecule has 0 saturated carbocycles. The molecule has 2 aliphatic rings. The number of amides is 3. The molecule has 0 unspecified atom stereocenters. The number of hydrogen-bond acceptors (Lipinski definition) is 10. The van der Waals surface area contributed by atoms with Crippen molar-refractivity contribution in [3.05, 3.63) is 28.2 Å². The second-order valence-corrected chi connectivity index (χ2v) is 8.39. The smallest absolute Gasteiger partial charge is 0.348 e. The molecule has 11 nitrogen and oxygen atoms in total. The summed E-state index contributed by atoms with van der Waals surface area (Å²) >= 11 is 0.812. The number of thiophene rings is 1. The molecule has 33 heavy (non-hydrogen) atoms. The lowest BCUT2D eigenvalue weighted by molar-refractivity contribution is -0.154. The van der Waals surface area contributed by atoms with Gasteiger partial charge in [0.2, 0.25) is 11.8 Å². The molecule has 1 N–H and O–H groups in total. The van der Waals surface area contributed by atoms with Crippen LogP contribution in [0.3, 0.4) is 0 Å². The second kappa shape index (κ2) is 9.94. The van der Waals surface area contributed by atoms with E-state index in [0.717, 1.165) is 23.3 Å². The van der Waals surface area contributed by atoms with Gasteiger partial charge in [-0.25, -0.2) is 9.59 Å². The molecule has 1 aromatic heterocycles. The van der Waals surface area contributed by atoms with Crippen LogP contribution < -0.4 is 5.32 Å². The Hall–Kier alpha value is -3.54.